The molecule has 37 heavy (non-hydrogen) atoms. The van der Waals surface area contributed by atoms with Gasteiger partial charge in [-0.3, -0.25) is 9.69 Å². The molecule has 2 aromatic heterocycles. The number of nitriles is 1. The van der Waals surface area contributed by atoms with E-state index in [2.05, 4.69) is 44.0 Å². The van der Waals surface area contributed by atoms with Crippen molar-refractivity contribution in [3.05, 3.63) is 69.8 Å². The quantitative estimate of drug-likeness (QED) is 0.341. The van der Waals surface area contributed by atoms with Gasteiger partial charge in [-0.05, 0) is 36.1 Å². The van der Waals surface area contributed by atoms with Crippen LogP contribution in [0.15, 0.2) is 67.8 Å². The predicted octanol–water partition coefficient (Wildman–Crippen LogP) is 6.89. The topological polar surface area (TPSA) is 109 Å². The number of furan rings is 1. The van der Waals surface area contributed by atoms with Gasteiger partial charge in [0, 0.05) is 33.5 Å². The number of benzene rings is 1. The van der Waals surface area contributed by atoms with Crippen LogP contribution in [0, 0.1) is 16.7 Å². The van der Waals surface area contributed by atoms with Gasteiger partial charge in [0.1, 0.15) is 17.3 Å². The second-order valence-electron chi connectivity index (χ2n) is 10.2. The molecule has 10 heteroatoms. The SMILES string of the molecule is CC(C)Sc1nnc(N2C(N)=C(C#N)C(c3ccc(-c4cccc(Cl)c4)o3)C3=C2CC(C)(C)CC3=O)s1. The highest BCUT2D eigenvalue weighted by molar-refractivity contribution is 8.01. The summed E-state index contributed by atoms with van der Waals surface area (Å²) in [4.78, 5) is 15.4. The monoisotopic (exact) mass is 551 g/mol. The molecule has 190 valence electrons. The molecule has 0 saturated heterocycles. The Labute approximate surface area is 229 Å². The van der Waals surface area contributed by atoms with Crippen LogP contribution in [0.25, 0.3) is 11.3 Å². The molecule has 0 fully saturated rings. The third kappa shape index (κ3) is 4.81. The Morgan fingerprint density at radius 3 is 2.76 bits per heavy atom. The first-order valence-corrected chi connectivity index (χ1v) is 14.0. The van der Waals surface area contributed by atoms with Gasteiger partial charge in [0.15, 0.2) is 10.1 Å². The van der Waals surface area contributed by atoms with E-state index in [-0.39, 0.29) is 22.6 Å². The number of nitrogens with zero attached hydrogens (tertiary/aromatic N) is 4. The van der Waals surface area contributed by atoms with E-state index in [0.717, 1.165) is 15.6 Å². The van der Waals surface area contributed by atoms with Gasteiger partial charge < -0.3 is 10.2 Å². The number of hydrogen-bond acceptors (Lipinski definition) is 9. The molecule has 1 unspecified atom stereocenters. The highest BCUT2D eigenvalue weighted by Crippen LogP contribution is 2.51. The summed E-state index contributed by atoms with van der Waals surface area (Å²) in [5.74, 6) is 0.604. The molecule has 7 nitrogen and oxygen atoms in total. The Kier molecular flexibility index (Phi) is 6.69. The van der Waals surface area contributed by atoms with Crippen molar-refractivity contribution in [3.8, 4) is 17.4 Å². The maximum Gasteiger partial charge on any atom is 0.219 e. The number of ketones is 1. The molecule has 0 spiro atoms. The third-order valence-corrected chi connectivity index (χ3v) is 8.56. The Balaban J connectivity index is 1.66. The summed E-state index contributed by atoms with van der Waals surface area (Å²) in [6.07, 6.45) is 0.958. The molecule has 1 aliphatic heterocycles. The van der Waals surface area contributed by atoms with Gasteiger partial charge in [-0.25, -0.2) is 0 Å². The van der Waals surface area contributed by atoms with E-state index in [1.54, 1.807) is 28.8 Å². The molecule has 1 aromatic carbocycles. The lowest BCUT2D eigenvalue weighted by Gasteiger charge is -2.42. The summed E-state index contributed by atoms with van der Waals surface area (Å²) in [6.45, 7) is 8.30. The number of carbonyl (C=O) groups excluding carboxylic acids is 1. The Morgan fingerprint density at radius 1 is 1.27 bits per heavy atom. The summed E-state index contributed by atoms with van der Waals surface area (Å²) < 4.78 is 7.05. The summed E-state index contributed by atoms with van der Waals surface area (Å²) >= 11 is 9.19. The van der Waals surface area contributed by atoms with Crippen LogP contribution in [-0.2, 0) is 4.79 Å². The van der Waals surface area contributed by atoms with Crippen molar-refractivity contribution in [2.24, 2.45) is 11.1 Å². The molecule has 0 radical (unpaired) electrons. The summed E-state index contributed by atoms with van der Waals surface area (Å²) in [7, 11) is 0. The minimum atomic E-state index is -0.704. The van der Waals surface area contributed by atoms with Crippen LogP contribution in [0.3, 0.4) is 0 Å². The number of rotatable bonds is 5. The number of hydrogen-bond donors (Lipinski definition) is 1. The number of Topliss-reactive ketones (excluding diaryl/α,β-unsaturated/α-hetero) is 1. The molecular formula is C27H26ClN5O2S2. The first kappa shape index (κ1) is 25.6. The molecule has 2 N–H and O–H groups in total. The number of anilines is 1. The van der Waals surface area contributed by atoms with Gasteiger partial charge in [-0.2, -0.15) is 5.26 Å². The average Bonchev–Trinajstić information content (AvgIpc) is 3.47. The molecular weight excluding hydrogens is 526 g/mol. The van der Waals surface area contributed by atoms with E-state index in [1.807, 2.05) is 24.3 Å². The van der Waals surface area contributed by atoms with E-state index in [9.17, 15) is 10.1 Å². The van der Waals surface area contributed by atoms with Crippen molar-refractivity contribution in [1.82, 2.24) is 10.2 Å². The summed E-state index contributed by atoms with van der Waals surface area (Å²) in [5, 5.41) is 20.5. The fourth-order valence-electron chi connectivity index (χ4n) is 4.86. The first-order chi connectivity index (χ1) is 17.6. The number of aromatic nitrogens is 2. The minimum Gasteiger partial charge on any atom is -0.460 e. The number of nitrogens with two attached hydrogens (primary N) is 1. The van der Waals surface area contributed by atoms with E-state index >= 15 is 0 Å². The van der Waals surface area contributed by atoms with Crippen LogP contribution in [-0.4, -0.2) is 21.2 Å². The maximum atomic E-state index is 13.7. The standard InChI is InChI=1S/C27H26ClN5O2S2/c1-14(2)36-26-32-31-25(37-26)33-18-11-27(3,4)12-19(34)23(18)22(17(13-29)24(33)30)21-9-8-20(35-21)15-6-5-7-16(28)10-15/h5-10,14,22H,11-12,30H2,1-4H3. The molecule has 0 amide bonds. The van der Waals surface area contributed by atoms with Crippen molar-refractivity contribution in [1.29, 1.82) is 5.26 Å². The van der Waals surface area contributed by atoms with Crippen molar-refractivity contribution >= 4 is 45.6 Å². The Morgan fingerprint density at radius 2 is 2.05 bits per heavy atom. The Hall–Kier alpha value is -3.06. The Bertz CT molecular complexity index is 1490. The second-order valence-corrected chi connectivity index (χ2v) is 13.4. The number of halogens is 1. The fourth-order valence-corrected chi connectivity index (χ4v) is 7.15. The van der Waals surface area contributed by atoms with E-state index in [1.165, 1.54) is 11.3 Å². The lowest BCUT2D eigenvalue weighted by molar-refractivity contribution is -0.118. The largest absolute Gasteiger partial charge is 0.460 e. The van der Waals surface area contributed by atoms with Crippen molar-refractivity contribution in [2.75, 3.05) is 4.90 Å². The van der Waals surface area contributed by atoms with Gasteiger partial charge in [0.25, 0.3) is 0 Å². The van der Waals surface area contributed by atoms with Gasteiger partial charge in [0.05, 0.1) is 17.6 Å². The lowest BCUT2D eigenvalue weighted by Crippen LogP contribution is -2.42. The van der Waals surface area contributed by atoms with Crippen molar-refractivity contribution in [2.45, 2.75) is 56.0 Å². The minimum absolute atomic E-state index is 0.0245. The zero-order valence-corrected chi connectivity index (χ0v) is 23.3. The fraction of sp³-hybridized carbons (Fsp3) is 0.333. The molecule has 5 rings (SSSR count). The smallest absolute Gasteiger partial charge is 0.219 e. The third-order valence-electron chi connectivity index (χ3n) is 6.33. The molecule has 1 atom stereocenters. The van der Waals surface area contributed by atoms with Crippen molar-refractivity contribution in [3.63, 3.8) is 0 Å². The molecule has 3 aromatic rings. The summed E-state index contributed by atoms with van der Waals surface area (Å²) in [6, 6.07) is 13.2. The molecule has 0 saturated carbocycles. The highest BCUT2D eigenvalue weighted by atomic mass is 35.5. The van der Waals surface area contributed by atoms with Crippen LogP contribution in [0.1, 0.15) is 52.2 Å². The number of carbonyl (C=O) groups is 1. The molecule has 2 aliphatic rings. The molecule has 3 heterocycles. The number of thioether (sulfide) groups is 1. The van der Waals surface area contributed by atoms with Gasteiger partial charge in [-0.15, -0.1) is 10.2 Å². The van der Waals surface area contributed by atoms with E-state index in [0.29, 0.717) is 45.3 Å². The number of allylic oxidation sites excluding steroid dienone is 3. The average molecular weight is 552 g/mol. The molecule has 1 aliphatic carbocycles. The van der Waals surface area contributed by atoms with Crippen LogP contribution in [0.2, 0.25) is 5.02 Å². The van der Waals surface area contributed by atoms with Crippen molar-refractivity contribution < 1.29 is 9.21 Å². The zero-order valence-electron chi connectivity index (χ0n) is 20.9. The highest BCUT2D eigenvalue weighted by Gasteiger charge is 2.46. The molecule has 0 bridgehead atoms. The van der Waals surface area contributed by atoms with E-state index in [4.69, 9.17) is 21.8 Å². The van der Waals surface area contributed by atoms with E-state index < -0.39 is 5.92 Å². The normalized spacial score (nSPS) is 19.4. The second kappa shape index (κ2) is 9.67. The van der Waals surface area contributed by atoms with Crippen LogP contribution < -0.4 is 10.6 Å². The lowest BCUT2D eigenvalue weighted by atomic mass is 9.69. The maximum absolute atomic E-state index is 13.7. The zero-order chi connectivity index (χ0) is 26.5. The van der Waals surface area contributed by atoms with Gasteiger partial charge in [0.2, 0.25) is 5.13 Å². The first-order valence-electron chi connectivity index (χ1n) is 11.9. The van der Waals surface area contributed by atoms with Gasteiger partial charge >= 0.3 is 0 Å². The van der Waals surface area contributed by atoms with Crippen LogP contribution >= 0.6 is 34.7 Å². The van der Waals surface area contributed by atoms with Gasteiger partial charge in [-0.1, -0.05) is 74.5 Å². The summed E-state index contributed by atoms with van der Waals surface area (Å²) in [5.41, 5.74) is 8.76. The van der Waals surface area contributed by atoms with Crippen LogP contribution in [0.4, 0.5) is 5.13 Å². The predicted molar refractivity (Wildman–Crippen MR) is 147 cm³/mol. The van der Waals surface area contributed by atoms with Crippen LogP contribution in [0.5, 0.6) is 0 Å².